The van der Waals surface area contributed by atoms with Crippen molar-refractivity contribution >= 4 is 23.4 Å². The van der Waals surface area contributed by atoms with E-state index in [1.807, 2.05) is 0 Å². The molecule has 2 amide bonds. The number of nitrogens with two attached hydrogens (primary N) is 1. The van der Waals surface area contributed by atoms with E-state index in [9.17, 15) is 9.59 Å². The molecule has 4 nitrogen and oxygen atoms in total. The molecule has 0 saturated carbocycles. The molecule has 1 aromatic carbocycles. The lowest BCUT2D eigenvalue weighted by atomic mass is 10.1. The van der Waals surface area contributed by atoms with Crippen LogP contribution in [0.2, 0.25) is 0 Å². The topological polar surface area (TPSA) is 63.4 Å². The number of nitrogens with zero attached hydrogens (tertiary/aromatic N) is 1. The summed E-state index contributed by atoms with van der Waals surface area (Å²) in [6.07, 6.45) is 1.14. The van der Waals surface area contributed by atoms with Crippen LogP contribution in [0.15, 0.2) is 24.3 Å². The summed E-state index contributed by atoms with van der Waals surface area (Å²) in [6, 6.07) is 6.92. The highest BCUT2D eigenvalue weighted by molar-refractivity contribution is 6.17. The first-order chi connectivity index (χ1) is 8.54. The van der Waals surface area contributed by atoms with Gasteiger partial charge >= 0.3 is 0 Å². The van der Waals surface area contributed by atoms with Crippen molar-refractivity contribution in [3.63, 3.8) is 0 Å². The standard InChI is InChI=1S/C13H17ClN2O2/c1-16(12(17)3-2-8-14)9-10-4-6-11(7-5-10)13(15)18/h4-7H,2-3,8-9H2,1H3,(H2,15,18). The minimum absolute atomic E-state index is 0.0645. The Morgan fingerprint density at radius 3 is 2.39 bits per heavy atom. The molecule has 0 aliphatic rings. The molecule has 1 aromatic rings. The van der Waals surface area contributed by atoms with Crippen molar-refractivity contribution in [1.82, 2.24) is 4.90 Å². The molecule has 0 heterocycles. The Hall–Kier alpha value is -1.55. The average molecular weight is 269 g/mol. The maximum Gasteiger partial charge on any atom is 0.248 e. The summed E-state index contributed by atoms with van der Waals surface area (Å²) in [5.74, 6) is 0.107. The number of halogens is 1. The lowest BCUT2D eigenvalue weighted by Gasteiger charge is -2.17. The zero-order valence-electron chi connectivity index (χ0n) is 10.4. The van der Waals surface area contributed by atoms with E-state index >= 15 is 0 Å². The lowest BCUT2D eigenvalue weighted by molar-refractivity contribution is -0.130. The van der Waals surface area contributed by atoms with Gasteiger partial charge in [0, 0.05) is 31.5 Å². The van der Waals surface area contributed by atoms with Crippen molar-refractivity contribution < 1.29 is 9.59 Å². The summed E-state index contributed by atoms with van der Waals surface area (Å²) in [7, 11) is 1.75. The van der Waals surface area contributed by atoms with Crippen LogP contribution in [0.5, 0.6) is 0 Å². The van der Waals surface area contributed by atoms with E-state index in [0.29, 0.717) is 30.8 Å². The molecule has 0 atom stereocenters. The van der Waals surface area contributed by atoms with Gasteiger partial charge in [-0.3, -0.25) is 9.59 Å². The summed E-state index contributed by atoms with van der Waals surface area (Å²) in [5, 5.41) is 0. The van der Waals surface area contributed by atoms with Crippen LogP contribution >= 0.6 is 11.6 Å². The van der Waals surface area contributed by atoms with Crippen molar-refractivity contribution in [2.24, 2.45) is 5.73 Å². The van der Waals surface area contributed by atoms with Gasteiger partial charge < -0.3 is 10.6 Å². The molecule has 0 fully saturated rings. The molecule has 0 saturated heterocycles. The van der Waals surface area contributed by atoms with Gasteiger partial charge in [0.05, 0.1) is 0 Å². The van der Waals surface area contributed by atoms with Crippen molar-refractivity contribution in [2.75, 3.05) is 12.9 Å². The SMILES string of the molecule is CN(Cc1ccc(C(N)=O)cc1)C(=O)CCCCl. The molecule has 18 heavy (non-hydrogen) atoms. The molecule has 0 aliphatic carbocycles. The van der Waals surface area contributed by atoms with Crippen molar-refractivity contribution in [3.05, 3.63) is 35.4 Å². The molecule has 2 N–H and O–H groups in total. The fourth-order valence-electron chi connectivity index (χ4n) is 1.55. The Morgan fingerprint density at radius 1 is 1.28 bits per heavy atom. The van der Waals surface area contributed by atoms with Gasteiger partial charge in [0.2, 0.25) is 11.8 Å². The summed E-state index contributed by atoms with van der Waals surface area (Å²) in [5.41, 5.74) is 6.58. The third kappa shape index (κ3) is 4.37. The van der Waals surface area contributed by atoms with Crippen LogP contribution in [0.25, 0.3) is 0 Å². The second kappa shape index (κ2) is 7.01. The summed E-state index contributed by atoms with van der Waals surface area (Å²) < 4.78 is 0. The molecular formula is C13H17ClN2O2. The minimum Gasteiger partial charge on any atom is -0.366 e. The Balaban J connectivity index is 2.56. The predicted octanol–water partition coefficient (Wildman–Crippen LogP) is 1.76. The maximum absolute atomic E-state index is 11.7. The lowest BCUT2D eigenvalue weighted by Crippen LogP contribution is -2.26. The molecule has 0 aliphatic heterocycles. The molecule has 1 rings (SSSR count). The number of carbonyl (C=O) groups excluding carboxylic acids is 2. The molecule has 0 aromatic heterocycles. The average Bonchev–Trinajstić information content (AvgIpc) is 2.36. The molecule has 5 heteroatoms. The fourth-order valence-corrected chi connectivity index (χ4v) is 1.68. The smallest absolute Gasteiger partial charge is 0.248 e. The van der Waals surface area contributed by atoms with Crippen LogP contribution in [0, 0.1) is 0 Å². The molecule has 0 bridgehead atoms. The van der Waals surface area contributed by atoms with E-state index in [-0.39, 0.29) is 5.91 Å². The monoisotopic (exact) mass is 268 g/mol. The Kier molecular flexibility index (Phi) is 5.65. The predicted molar refractivity (Wildman–Crippen MR) is 71.4 cm³/mol. The zero-order chi connectivity index (χ0) is 13.5. The van der Waals surface area contributed by atoms with Gasteiger partial charge in [-0.2, -0.15) is 0 Å². The summed E-state index contributed by atoms with van der Waals surface area (Å²) >= 11 is 5.54. The highest BCUT2D eigenvalue weighted by Crippen LogP contribution is 2.08. The van der Waals surface area contributed by atoms with Gasteiger partial charge in [0.15, 0.2) is 0 Å². The van der Waals surface area contributed by atoms with E-state index in [0.717, 1.165) is 5.56 Å². The van der Waals surface area contributed by atoms with E-state index in [1.165, 1.54) is 0 Å². The van der Waals surface area contributed by atoms with Crippen LogP contribution in [0.3, 0.4) is 0 Å². The molecule has 0 radical (unpaired) electrons. The normalized spacial score (nSPS) is 10.1. The van der Waals surface area contributed by atoms with Gasteiger partial charge in [0.1, 0.15) is 0 Å². The quantitative estimate of drug-likeness (QED) is 0.799. The van der Waals surface area contributed by atoms with Crippen molar-refractivity contribution in [3.8, 4) is 0 Å². The second-order valence-electron chi connectivity index (χ2n) is 4.10. The molecule has 98 valence electrons. The molecular weight excluding hydrogens is 252 g/mol. The first-order valence-electron chi connectivity index (χ1n) is 5.73. The number of benzene rings is 1. The van der Waals surface area contributed by atoms with Gasteiger partial charge in [0.25, 0.3) is 0 Å². The number of hydrogen-bond donors (Lipinski definition) is 1. The van der Waals surface area contributed by atoms with E-state index < -0.39 is 5.91 Å². The van der Waals surface area contributed by atoms with Gasteiger partial charge in [-0.15, -0.1) is 11.6 Å². The van der Waals surface area contributed by atoms with E-state index in [4.69, 9.17) is 17.3 Å². The van der Waals surface area contributed by atoms with Crippen LogP contribution < -0.4 is 5.73 Å². The fraction of sp³-hybridized carbons (Fsp3) is 0.385. The Labute approximate surface area is 112 Å². The minimum atomic E-state index is -0.451. The number of alkyl halides is 1. The van der Waals surface area contributed by atoms with Crippen molar-refractivity contribution in [1.29, 1.82) is 0 Å². The number of primary amides is 1. The van der Waals surface area contributed by atoms with Crippen molar-refractivity contribution in [2.45, 2.75) is 19.4 Å². The zero-order valence-corrected chi connectivity index (χ0v) is 11.1. The van der Waals surface area contributed by atoms with Crippen LogP contribution in [-0.2, 0) is 11.3 Å². The maximum atomic E-state index is 11.7. The van der Waals surface area contributed by atoms with E-state index in [1.54, 1.807) is 36.2 Å². The summed E-state index contributed by atoms with van der Waals surface area (Å²) in [6.45, 7) is 0.514. The molecule has 0 spiro atoms. The number of carbonyl (C=O) groups is 2. The largest absolute Gasteiger partial charge is 0.366 e. The second-order valence-corrected chi connectivity index (χ2v) is 4.48. The summed E-state index contributed by atoms with van der Waals surface area (Å²) in [4.78, 5) is 24.2. The highest BCUT2D eigenvalue weighted by Gasteiger charge is 2.09. The third-order valence-electron chi connectivity index (χ3n) is 2.61. The first kappa shape index (κ1) is 14.5. The van der Waals surface area contributed by atoms with Crippen LogP contribution in [-0.4, -0.2) is 29.6 Å². The number of amides is 2. The van der Waals surface area contributed by atoms with Gasteiger partial charge in [-0.1, -0.05) is 12.1 Å². The van der Waals surface area contributed by atoms with E-state index in [2.05, 4.69) is 0 Å². The first-order valence-corrected chi connectivity index (χ1v) is 6.26. The van der Waals surface area contributed by atoms with Gasteiger partial charge in [-0.25, -0.2) is 0 Å². The molecule has 0 unspecified atom stereocenters. The highest BCUT2D eigenvalue weighted by atomic mass is 35.5. The Bertz CT molecular complexity index is 418. The Morgan fingerprint density at radius 2 is 1.89 bits per heavy atom. The third-order valence-corrected chi connectivity index (χ3v) is 2.88. The number of hydrogen-bond acceptors (Lipinski definition) is 2. The number of rotatable bonds is 6. The van der Waals surface area contributed by atoms with Gasteiger partial charge in [-0.05, 0) is 24.1 Å². The van der Waals surface area contributed by atoms with Crippen LogP contribution in [0.1, 0.15) is 28.8 Å². The van der Waals surface area contributed by atoms with Crippen LogP contribution in [0.4, 0.5) is 0 Å².